The van der Waals surface area contributed by atoms with E-state index in [0.29, 0.717) is 5.02 Å². The van der Waals surface area contributed by atoms with Crippen molar-refractivity contribution in [1.82, 2.24) is 0 Å². The van der Waals surface area contributed by atoms with Crippen molar-refractivity contribution in [2.45, 2.75) is 24.8 Å². The molecule has 1 nitrogen and oxygen atoms in total. The highest BCUT2D eigenvalue weighted by molar-refractivity contribution is 7.98. The summed E-state index contributed by atoms with van der Waals surface area (Å²) in [5, 5.41) is 0.392. The van der Waals surface area contributed by atoms with Gasteiger partial charge in [0.2, 0.25) is 0 Å². The fourth-order valence-corrected chi connectivity index (χ4v) is 1.88. The maximum absolute atomic E-state index is 13.4. The first-order chi connectivity index (χ1) is 6.54. The quantitative estimate of drug-likeness (QED) is 0.732. The third-order valence-electron chi connectivity index (χ3n) is 1.55. The predicted octanol–water partition coefficient (Wildman–Crippen LogP) is 3.99. The van der Waals surface area contributed by atoms with E-state index in [-0.39, 0.29) is 11.9 Å². The summed E-state index contributed by atoms with van der Waals surface area (Å²) >= 11 is 7.14. The van der Waals surface area contributed by atoms with Gasteiger partial charge in [0, 0.05) is 5.02 Å². The number of benzene rings is 1. The summed E-state index contributed by atoms with van der Waals surface area (Å²) in [5.74, 6) is -0.118. The van der Waals surface area contributed by atoms with Crippen LogP contribution in [0.25, 0.3) is 0 Å². The van der Waals surface area contributed by atoms with E-state index in [2.05, 4.69) is 0 Å². The molecule has 0 bridgehead atoms. The van der Waals surface area contributed by atoms with Crippen LogP contribution in [-0.2, 0) is 0 Å². The van der Waals surface area contributed by atoms with Crippen molar-refractivity contribution in [3.8, 4) is 5.75 Å². The van der Waals surface area contributed by atoms with Crippen LogP contribution in [0.15, 0.2) is 17.0 Å². The van der Waals surface area contributed by atoms with Crippen LogP contribution >= 0.6 is 23.4 Å². The minimum Gasteiger partial charge on any atom is -0.487 e. The summed E-state index contributed by atoms with van der Waals surface area (Å²) < 4.78 is 18.8. The molecule has 0 saturated heterocycles. The zero-order chi connectivity index (χ0) is 10.7. The van der Waals surface area contributed by atoms with Gasteiger partial charge >= 0.3 is 0 Å². The lowest BCUT2D eigenvalue weighted by atomic mass is 10.3. The molecule has 1 aromatic carbocycles. The highest BCUT2D eigenvalue weighted by Crippen LogP contribution is 2.34. The van der Waals surface area contributed by atoms with Gasteiger partial charge in [-0.25, -0.2) is 4.39 Å². The van der Waals surface area contributed by atoms with E-state index in [1.165, 1.54) is 17.8 Å². The van der Waals surface area contributed by atoms with Gasteiger partial charge in [0.1, 0.15) is 0 Å². The Kier molecular flexibility index (Phi) is 4.08. The molecular formula is C10H12ClFOS. The van der Waals surface area contributed by atoms with Crippen molar-refractivity contribution in [1.29, 1.82) is 0 Å². The summed E-state index contributed by atoms with van der Waals surface area (Å²) in [5.41, 5.74) is 0. The zero-order valence-electron chi connectivity index (χ0n) is 8.30. The Morgan fingerprint density at radius 2 is 2.07 bits per heavy atom. The molecule has 0 saturated carbocycles. The second-order valence-electron chi connectivity index (χ2n) is 3.09. The maximum Gasteiger partial charge on any atom is 0.168 e. The Labute approximate surface area is 92.6 Å². The molecule has 14 heavy (non-hydrogen) atoms. The lowest BCUT2D eigenvalue weighted by Gasteiger charge is -2.14. The van der Waals surface area contributed by atoms with Gasteiger partial charge in [-0.3, -0.25) is 0 Å². The van der Waals surface area contributed by atoms with Crippen LogP contribution in [0.4, 0.5) is 4.39 Å². The normalized spacial score (nSPS) is 10.7. The molecule has 1 rings (SSSR count). The summed E-state index contributed by atoms with van der Waals surface area (Å²) in [4.78, 5) is 0.726. The minimum absolute atomic E-state index is 0.0448. The molecule has 78 valence electrons. The van der Waals surface area contributed by atoms with Crippen LogP contribution in [0.5, 0.6) is 5.75 Å². The van der Waals surface area contributed by atoms with Crippen molar-refractivity contribution in [3.05, 3.63) is 23.0 Å². The highest BCUT2D eigenvalue weighted by atomic mass is 35.5. The molecule has 0 aromatic heterocycles. The smallest absolute Gasteiger partial charge is 0.168 e. The molecule has 0 spiro atoms. The van der Waals surface area contributed by atoms with Gasteiger partial charge in [-0.15, -0.1) is 11.8 Å². The summed E-state index contributed by atoms with van der Waals surface area (Å²) in [6.07, 6.45) is 1.81. The fourth-order valence-electron chi connectivity index (χ4n) is 1.04. The van der Waals surface area contributed by atoms with Gasteiger partial charge in [-0.2, -0.15) is 0 Å². The molecule has 1 aromatic rings. The van der Waals surface area contributed by atoms with E-state index < -0.39 is 5.82 Å². The largest absolute Gasteiger partial charge is 0.487 e. The van der Waals surface area contributed by atoms with E-state index in [0.717, 1.165) is 4.90 Å². The molecule has 0 aliphatic rings. The Bertz CT molecular complexity index is 328. The molecule has 0 unspecified atom stereocenters. The average Bonchev–Trinajstić information content (AvgIpc) is 2.08. The minimum atomic E-state index is -0.407. The molecule has 0 fully saturated rings. The standard InChI is InChI=1S/C10H12ClFOS/c1-6(2)13-10-8(12)4-7(11)5-9(10)14-3/h4-6H,1-3H3. The maximum atomic E-state index is 13.4. The molecule has 4 heteroatoms. The highest BCUT2D eigenvalue weighted by Gasteiger charge is 2.12. The molecule has 0 heterocycles. The first-order valence-corrected chi connectivity index (χ1v) is 5.84. The Morgan fingerprint density at radius 3 is 2.57 bits per heavy atom. The van der Waals surface area contributed by atoms with Gasteiger partial charge in [0.05, 0.1) is 11.0 Å². The van der Waals surface area contributed by atoms with Crippen LogP contribution in [0.1, 0.15) is 13.8 Å². The molecule has 0 radical (unpaired) electrons. The Balaban J connectivity index is 3.11. The SMILES string of the molecule is CSc1cc(Cl)cc(F)c1OC(C)C. The van der Waals surface area contributed by atoms with Crippen molar-refractivity contribution >= 4 is 23.4 Å². The van der Waals surface area contributed by atoms with Crippen LogP contribution < -0.4 is 4.74 Å². The van der Waals surface area contributed by atoms with Crippen molar-refractivity contribution < 1.29 is 9.13 Å². The van der Waals surface area contributed by atoms with E-state index in [1.807, 2.05) is 20.1 Å². The van der Waals surface area contributed by atoms with E-state index in [4.69, 9.17) is 16.3 Å². The number of halogens is 2. The van der Waals surface area contributed by atoms with Gasteiger partial charge in [-0.05, 0) is 32.2 Å². The number of ether oxygens (including phenoxy) is 1. The van der Waals surface area contributed by atoms with Crippen LogP contribution in [0, 0.1) is 5.82 Å². The second-order valence-corrected chi connectivity index (χ2v) is 4.37. The van der Waals surface area contributed by atoms with Crippen LogP contribution in [0.3, 0.4) is 0 Å². The van der Waals surface area contributed by atoms with E-state index >= 15 is 0 Å². The van der Waals surface area contributed by atoms with E-state index in [1.54, 1.807) is 6.07 Å². The summed E-state index contributed by atoms with van der Waals surface area (Å²) in [6, 6.07) is 2.96. The van der Waals surface area contributed by atoms with Gasteiger partial charge in [-0.1, -0.05) is 11.6 Å². The average molecular weight is 235 g/mol. The topological polar surface area (TPSA) is 9.23 Å². The lowest BCUT2D eigenvalue weighted by Crippen LogP contribution is -2.07. The Morgan fingerprint density at radius 1 is 1.43 bits per heavy atom. The third-order valence-corrected chi connectivity index (χ3v) is 2.51. The molecule has 0 amide bonds. The molecule has 0 aliphatic carbocycles. The molecule has 0 atom stereocenters. The third kappa shape index (κ3) is 2.79. The number of hydrogen-bond acceptors (Lipinski definition) is 2. The number of thioether (sulfide) groups is 1. The van der Waals surface area contributed by atoms with Crippen LogP contribution in [0.2, 0.25) is 5.02 Å². The summed E-state index contributed by atoms with van der Waals surface area (Å²) in [6.45, 7) is 3.72. The molecular weight excluding hydrogens is 223 g/mol. The second kappa shape index (κ2) is 4.89. The number of hydrogen-bond donors (Lipinski definition) is 0. The van der Waals surface area contributed by atoms with Gasteiger partial charge < -0.3 is 4.74 Å². The zero-order valence-corrected chi connectivity index (χ0v) is 9.88. The molecule has 0 N–H and O–H groups in total. The van der Waals surface area contributed by atoms with E-state index in [9.17, 15) is 4.39 Å². The first kappa shape index (κ1) is 11.7. The first-order valence-electron chi connectivity index (χ1n) is 4.24. The van der Waals surface area contributed by atoms with Gasteiger partial charge in [0.25, 0.3) is 0 Å². The predicted molar refractivity (Wildman–Crippen MR) is 59.0 cm³/mol. The van der Waals surface area contributed by atoms with Crippen molar-refractivity contribution in [3.63, 3.8) is 0 Å². The van der Waals surface area contributed by atoms with Gasteiger partial charge in [0.15, 0.2) is 11.6 Å². The lowest BCUT2D eigenvalue weighted by molar-refractivity contribution is 0.225. The Hall–Kier alpha value is -0.410. The van der Waals surface area contributed by atoms with Crippen molar-refractivity contribution in [2.24, 2.45) is 0 Å². The fraction of sp³-hybridized carbons (Fsp3) is 0.400. The van der Waals surface area contributed by atoms with Crippen molar-refractivity contribution in [2.75, 3.05) is 6.26 Å². The monoisotopic (exact) mass is 234 g/mol. The summed E-state index contributed by atoms with van der Waals surface area (Å²) in [7, 11) is 0. The number of rotatable bonds is 3. The van der Waals surface area contributed by atoms with Crippen LogP contribution in [-0.4, -0.2) is 12.4 Å². The molecule has 0 aliphatic heterocycles.